The van der Waals surface area contributed by atoms with Crippen molar-refractivity contribution in [3.05, 3.63) is 22.2 Å². The first-order valence-corrected chi connectivity index (χ1v) is 4.13. The van der Waals surface area contributed by atoms with Crippen LogP contribution in [0.1, 0.15) is 5.56 Å². The minimum absolute atomic E-state index is 0.340. The minimum atomic E-state index is 0.340. The van der Waals surface area contributed by atoms with Crippen LogP contribution < -0.4 is 9.47 Å². The van der Waals surface area contributed by atoms with Crippen LogP contribution in [0.3, 0.4) is 0 Å². The third-order valence-electron chi connectivity index (χ3n) is 1.72. The van der Waals surface area contributed by atoms with Crippen LogP contribution in [-0.4, -0.2) is 6.79 Å². The smallest absolute Gasteiger partial charge is 0.231 e. The Morgan fingerprint density at radius 1 is 1.36 bits per heavy atom. The van der Waals surface area contributed by atoms with E-state index >= 15 is 0 Å². The number of halogens is 1. The summed E-state index contributed by atoms with van der Waals surface area (Å²) in [5.41, 5.74) is 1.10. The van der Waals surface area contributed by atoms with Gasteiger partial charge < -0.3 is 9.47 Å². The summed E-state index contributed by atoms with van der Waals surface area (Å²) in [6.45, 7) is 2.34. The summed E-state index contributed by atoms with van der Waals surface area (Å²) in [6, 6.07) is 3.86. The van der Waals surface area contributed by atoms with Gasteiger partial charge in [-0.05, 0) is 19.1 Å². The van der Waals surface area contributed by atoms with E-state index in [1.807, 2.05) is 19.1 Å². The van der Waals surface area contributed by atoms with Crippen LogP contribution in [0.25, 0.3) is 0 Å². The Hall–Kier alpha value is -0.700. The van der Waals surface area contributed by atoms with Gasteiger partial charge in [-0.25, -0.2) is 0 Å². The normalized spacial score (nSPS) is 13.6. The summed E-state index contributed by atoms with van der Waals surface area (Å²) >= 11 is 3.41. The molecule has 0 unspecified atom stereocenters. The zero-order valence-electron chi connectivity index (χ0n) is 6.06. The number of benzene rings is 1. The van der Waals surface area contributed by atoms with Crippen molar-refractivity contribution < 1.29 is 9.47 Å². The molecule has 0 aliphatic carbocycles. The van der Waals surface area contributed by atoms with Crippen molar-refractivity contribution in [2.24, 2.45) is 0 Å². The summed E-state index contributed by atoms with van der Waals surface area (Å²) in [4.78, 5) is 0. The molecule has 0 saturated carbocycles. The van der Waals surface area contributed by atoms with Gasteiger partial charge in [-0.3, -0.25) is 0 Å². The van der Waals surface area contributed by atoms with Gasteiger partial charge in [0.05, 0.1) is 0 Å². The van der Waals surface area contributed by atoms with Gasteiger partial charge in [0.15, 0.2) is 11.5 Å². The van der Waals surface area contributed by atoms with Gasteiger partial charge in [-0.1, -0.05) is 15.9 Å². The van der Waals surface area contributed by atoms with Crippen molar-refractivity contribution in [2.75, 3.05) is 6.79 Å². The molecule has 0 atom stereocenters. The van der Waals surface area contributed by atoms with Crippen LogP contribution >= 0.6 is 15.9 Å². The molecule has 1 heterocycles. The SMILES string of the molecule is Cc1c(Br)ccc2c1OCO2. The van der Waals surface area contributed by atoms with Crippen molar-refractivity contribution in [3.8, 4) is 11.5 Å². The zero-order valence-corrected chi connectivity index (χ0v) is 7.64. The summed E-state index contributed by atoms with van der Waals surface area (Å²) in [5.74, 6) is 1.70. The van der Waals surface area contributed by atoms with E-state index in [-0.39, 0.29) is 0 Å². The van der Waals surface area contributed by atoms with E-state index < -0.39 is 0 Å². The first-order valence-electron chi connectivity index (χ1n) is 3.34. The molecule has 0 radical (unpaired) electrons. The highest BCUT2D eigenvalue weighted by atomic mass is 79.9. The first kappa shape index (κ1) is 6.98. The van der Waals surface area contributed by atoms with Crippen LogP contribution in [0.5, 0.6) is 11.5 Å². The van der Waals surface area contributed by atoms with Gasteiger partial charge in [-0.15, -0.1) is 0 Å². The molecule has 1 aromatic rings. The Bertz CT molecular complexity index is 296. The highest BCUT2D eigenvalue weighted by Crippen LogP contribution is 2.38. The van der Waals surface area contributed by atoms with Crippen LogP contribution in [0.15, 0.2) is 16.6 Å². The maximum atomic E-state index is 5.26. The molecule has 0 amide bonds. The van der Waals surface area contributed by atoms with Crippen molar-refractivity contribution in [2.45, 2.75) is 6.92 Å². The van der Waals surface area contributed by atoms with Gasteiger partial charge >= 0.3 is 0 Å². The largest absolute Gasteiger partial charge is 0.454 e. The minimum Gasteiger partial charge on any atom is -0.454 e. The Morgan fingerprint density at radius 3 is 3.00 bits per heavy atom. The Morgan fingerprint density at radius 2 is 2.18 bits per heavy atom. The van der Waals surface area contributed by atoms with Gasteiger partial charge in [0, 0.05) is 10.0 Å². The molecule has 0 saturated heterocycles. The number of hydrogen-bond donors (Lipinski definition) is 0. The quantitative estimate of drug-likeness (QED) is 0.661. The predicted molar refractivity (Wildman–Crippen MR) is 45.0 cm³/mol. The molecule has 1 aliphatic heterocycles. The van der Waals surface area contributed by atoms with Crippen molar-refractivity contribution in [1.29, 1.82) is 0 Å². The lowest BCUT2D eigenvalue weighted by molar-refractivity contribution is 0.173. The van der Waals surface area contributed by atoms with Crippen molar-refractivity contribution in [1.82, 2.24) is 0 Å². The standard InChI is InChI=1S/C8H7BrO2/c1-5-6(9)2-3-7-8(5)11-4-10-7/h2-3H,4H2,1H3. The fourth-order valence-electron chi connectivity index (χ4n) is 1.09. The molecular weight excluding hydrogens is 208 g/mol. The van der Waals surface area contributed by atoms with Gasteiger partial charge in [0.25, 0.3) is 0 Å². The molecule has 0 aromatic heterocycles. The summed E-state index contributed by atoms with van der Waals surface area (Å²) in [7, 11) is 0. The second kappa shape index (κ2) is 2.41. The topological polar surface area (TPSA) is 18.5 Å². The maximum absolute atomic E-state index is 5.26. The average molecular weight is 215 g/mol. The van der Waals surface area contributed by atoms with Crippen LogP contribution in [0, 0.1) is 6.92 Å². The van der Waals surface area contributed by atoms with E-state index in [4.69, 9.17) is 9.47 Å². The molecule has 0 bridgehead atoms. The average Bonchev–Trinajstić information content (AvgIpc) is 2.45. The molecule has 58 valence electrons. The summed E-state index contributed by atoms with van der Waals surface area (Å²) in [6.07, 6.45) is 0. The summed E-state index contributed by atoms with van der Waals surface area (Å²) in [5, 5.41) is 0. The molecule has 1 aliphatic rings. The van der Waals surface area contributed by atoms with E-state index in [1.165, 1.54) is 0 Å². The molecule has 2 nitrogen and oxygen atoms in total. The first-order chi connectivity index (χ1) is 5.29. The lowest BCUT2D eigenvalue weighted by atomic mass is 10.2. The second-order valence-corrected chi connectivity index (χ2v) is 3.26. The second-order valence-electron chi connectivity index (χ2n) is 2.41. The van der Waals surface area contributed by atoms with Crippen LogP contribution in [-0.2, 0) is 0 Å². The van der Waals surface area contributed by atoms with E-state index in [9.17, 15) is 0 Å². The van der Waals surface area contributed by atoms with Crippen LogP contribution in [0.2, 0.25) is 0 Å². The summed E-state index contributed by atoms with van der Waals surface area (Å²) < 4.78 is 11.5. The molecular formula is C8H7BrO2. The number of ether oxygens (including phenoxy) is 2. The van der Waals surface area contributed by atoms with E-state index in [0.29, 0.717) is 6.79 Å². The number of hydrogen-bond acceptors (Lipinski definition) is 2. The molecule has 3 heteroatoms. The van der Waals surface area contributed by atoms with E-state index in [2.05, 4.69) is 15.9 Å². The highest BCUT2D eigenvalue weighted by molar-refractivity contribution is 9.10. The molecule has 1 aromatic carbocycles. The molecule has 11 heavy (non-hydrogen) atoms. The van der Waals surface area contributed by atoms with Crippen molar-refractivity contribution in [3.63, 3.8) is 0 Å². The van der Waals surface area contributed by atoms with Crippen molar-refractivity contribution >= 4 is 15.9 Å². The Labute approximate surface area is 73.3 Å². The lowest BCUT2D eigenvalue weighted by Crippen LogP contribution is -1.93. The van der Waals surface area contributed by atoms with Gasteiger partial charge in [0.1, 0.15) is 0 Å². The maximum Gasteiger partial charge on any atom is 0.231 e. The third kappa shape index (κ3) is 0.997. The van der Waals surface area contributed by atoms with Gasteiger partial charge in [0.2, 0.25) is 6.79 Å². The monoisotopic (exact) mass is 214 g/mol. The van der Waals surface area contributed by atoms with E-state index in [1.54, 1.807) is 0 Å². The Balaban J connectivity index is 2.62. The zero-order chi connectivity index (χ0) is 7.84. The molecule has 0 spiro atoms. The van der Waals surface area contributed by atoms with E-state index in [0.717, 1.165) is 21.5 Å². The molecule has 0 fully saturated rings. The fourth-order valence-corrected chi connectivity index (χ4v) is 1.40. The number of rotatable bonds is 0. The molecule has 2 rings (SSSR count). The third-order valence-corrected chi connectivity index (χ3v) is 2.58. The number of fused-ring (bicyclic) bond motifs is 1. The molecule has 0 N–H and O–H groups in total. The van der Waals surface area contributed by atoms with Crippen LogP contribution in [0.4, 0.5) is 0 Å². The highest BCUT2D eigenvalue weighted by Gasteiger charge is 2.16. The predicted octanol–water partition coefficient (Wildman–Crippen LogP) is 2.49. The van der Waals surface area contributed by atoms with Gasteiger partial charge in [-0.2, -0.15) is 0 Å². The fraction of sp³-hybridized carbons (Fsp3) is 0.250. The Kier molecular flexibility index (Phi) is 1.53. The lowest BCUT2D eigenvalue weighted by Gasteiger charge is -2.01.